The molecule has 0 spiro atoms. The molecule has 7 heteroatoms. The monoisotopic (exact) mass is 509 g/mol. The minimum atomic E-state index is -0.00957. The lowest BCUT2D eigenvalue weighted by molar-refractivity contribution is 0.0903. The van der Waals surface area contributed by atoms with E-state index in [1.807, 2.05) is 0 Å². The Balaban J connectivity index is 1.25. The molecule has 0 aromatic carbocycles. The van der Waals surface area contributed by atoms with Gasteiger partial charge in [0.15, 0.2) is 0 Å². The molecule has 1 aliphatic carbocycles. The Hall–Kier alpha value is -2.12. The van der Waals surface area contributed by atoms with E-state index in [-0.39, 0.29) is 10.5 Å². The Morgan fingerprint density at radius 3 is 2.61 bits per heavy atom. The van der Waals surface area contributed by atoms with Crippen LogP contribution < -0.4 is 15.5 Å². The van der Waals surface area contributed by atoms with Crippen LogP contribution in [0, 0.1) is 5.92 Å². The van der Waals surface area contributed by atoms with Crippen LogP contribution in [-0.2, 0) is 11.2 Å². The first-order chi connectivity index (χ1) is 17.5. The van der Waals surface area contributed by atoms with Gasteiger partial charge in [-0.25, -0.2) is 4.98 Å². The normalized spacial score (nSPS) is 23.7. The van der Waals surface area contributed by atoms with Gasteiger partial charge in [0.05, 0.1) is 10.6 Å². The number of piperidine rings is 1. The molecule has 4 aliphatic rings. The number of hydrogen-bond donors (Lipinski definition) is 2. The van der Waals surface area contributed by atoms with Crippen molar-refractivity contribution in [1.29, 1.82) is 0 Å². The lowest BCUT2D eigenvalue weighted by Gasteiger charge is -2.36. The molecule has 2 fully saturated rings. The fourth-order valence-electron chi connectivity index (χ4n) is 5.87. The zero-order valence-corrected chi connectivity index (χ0v) is 23.1. The Kier molecular flexibility index (Phi) is 8.16. The molecule has 0 amide bonds. The van der Waals surface area contributed by atoms with Crippen molar-refractivity contribution in [2.24, 2.45) is 5.92 Å². The molecule has 2 atom stereocenters. The molecule has 0 radical (unpaired) electrons. The number of rotatable bonds is 7. The molecule has 0 saturated carbocycles. The van der Waals surface area contributed by atoms with E-state index in [9.17, 15) is 0 Å². The Bertz CT molecular complexity index is 1060. The fraction of sp³-hybridized carbons (Fsp3) is 0.621. The number of ether oxygens (including phenoxy) is 1. The third-order valence-electron chi connectivity index (χ3n) is 8.10. The minimum Gasteiger partial charge on any atom is -0.382 e. The van der Waals surface area contributed by atoms with E-state index < -0.39 is 0 Å². The van der Waals surface area contributed by atoms with Crippen molar-refractivity contribution in [2.75, 3.05) is 42.3 Å². The predicted molar refractivity (Wildman–Crippen MR) is 153 cm³/mol. The van der Waals surface area contributed by atoms with Crippen molar-refractivity contribution in [3.8, 4) is 0 Å². The lowest BCUT2D eigenvalue weighted by atomic mass is 9.89. The summed E-state index contributed by atoms with van der Waals surface area (Å²) in [4.78, 5) is 13.9. The van der Waals surface area contributed by atoms with Crippen LogP contribution in [0.25, 0.3) is 0 Å². The Morgan fingerprint density at radius 2 is 1.92 bits per heavy atom. The maximum Gasteiger partial charge on any atom is 0.227 e. The summed E-state index contributed by atoms with van der Waals surface area (Å²) in [5, 5.41) is 7.67. The highest BCUT2D eigenvalue weighted by molar-refractivity contribution is 8.14. The highest BCUT2D eigenvalue weighted by Gasteiger charge is 2.29. The van der Waals surface area contributed by atoms with Crippen molar-refractivity contribution in [1.82, 2.24) is 15.3 Å². The highest BCUT2D eigenvalue weighted by atomic mass is 32.2. The quantitative estimate of drug-likeness (QED) is 0.477. The molecule has 2 N–H and O–H groups in total. The summed E-state index contributed by atoms with van der Waals surface area (Å²) < 4.78 is 5.57. The summed E-state index contributed by atoms with van der Waals surface area (Å²) in [6.07, 6.45) is 14.4. The number of anilines is 2. The standard InChI is InChI=1S/C29H43N5OS/c1-20(2)26(23-8-6-5-7-9-23)30-21(3)22-10-15-34(16-11-22)29-32-25-14-19-36(4)27(25)28(33-29)31-24-12-17-35-18-13-24/h5-6,8,21-22,24,30H,4,7,9-19H2,1-3H3,(H,31,32,33)/t21-,36?/m1/s1. The molecule has 1 unspecified atom stereocenters. The first kappa shape index (κ1) is 25.5. The summed E-state index contributed by atoms with van der Waals surface area (Å²) in [5.41, 5.74) is 5.39. The van der Waals surface area contributed by atoms with Crippen LogP contribution in [0.5, 0.6) is 0 Å². The second-order valence-electron chi connectivity index (χ2n) is 10.9. The van der Waals surface area contributed by atoms with Crippen LogP contribution in [0.2, 0.25) is 0 Å². The molecule has 3 aliphatic heterocycles. The summed E-state index contributed by atoms with van der Waals surface area (Å²) in [6, 6.07) is 0.878. The minimum absolute atomic E-state index is 0.00957. The molecule has 4 heterocycles. The second-order valence-corrected chi connectivity index (χ2v) is 12.7. The fourth-order valence-corrected chi connectivity index (χ4v) is 7.37. The number of fused-ring (bicyclic) bond motifs is 1. The molecule has 6 nitrogen and oxygen atoms in total. The smallest absolute Gasteiger partial charge is 0.227 e. The van der Waals surface area contributed by atoms with Gasteiger partial charge in [-0.15, -0.1) is 0 Å². The summed E-state index contributed by atoms with van der Waals surface area (Å²) in [7, 11) is -0.00957. The average molecular weight is 510 g/mol. The highest BCUT2D eigenvalue weighted by Crippen LogP contribution is 2.41. The van der Waals surface area contributed by atoms with Gasteiger partial charge in [-0.05, 0) is 83.0 Å². The van der Waals surface area contributed by atoms with Gasteiger partial charge in [-0.1, -0.05) is 29.7 Å². The van der Waals surface area contributed by atoms with Crippen LogP contribution in [0.3, 0.4) is 0 Å². The molecule has 36 heavy (non-hydrogen) atoms. The van der Waals surface area contributed by atoms with Crippen LogP contribution >= 0.6 is 10.5 Å². The maximum absolute atomic E-state index is 5.57. The summed E-state index contributed by atoms with van der Waals surface area (Å²) in [6.45, 7) is 10.5. The van der Waals surface area contributed by atoms with Gasteiger partial charge in [0.2, 0.25) is 5.95 Å². The van der Waals surface area contributed by atoms with E-state index >= 15 is 0 Å². The van der Waals surface area contributed by atoms with E-state index in [1.54, 1.807) is 0 Å². The average Bonchev–Trinajstić information content (AvgIpc) is 3.29. The molecular weight excluding hydrogens is 466 g/mol. The van der Waals surface area contributed by atoms with Crippen LogP contribution in [0.15, 0.2) is 40.0 Å². The molecule has 5 rings (SSSR count). The zero-order chi connectivity index (χ0) is 25.1. The van der Waals surface area contributed by atoms with Crippen molar-refractivity contribution in [2.45, 2.75) is 82.7 Å². The number of hydrogen-bond acceptors (Lipinski definition) is 6. The summed E-state index contributed by atoms with van der Waals surface area (Å²) >= 11 is 0. The molecule has 196 valence electrons. The van der Waals surface area contributed by atoms with Crippen molar-refractivity contribution < 1.29 is 4.74 Å². The first-order valence-electron chi connectivity index (χ1n) is 13.8. The van der Waals surface area contributed by atoms with Crippen LogP contribution in [0.1, 0.15) is 65.0 Å². The molecule has 2 saturated heterocycles. The number of nitrogens with zero attached hydrogens (tertiary/aromatic N) is 3. The van der Waals surface area contributed by atoms with Gasteiger partial charge in [0.1, 0.15) is 5.82 Å². The van der Waals surface area contributed by atoms with Crippen LogP contribution in [-0.4, -0.2) is 60.0 Å². The van der Waals surface area contributed by atoms with Gasteiger partial charge < -0.3 is 20.3 Å². The van der Waals surface area contributed by atoms with Gasteiger partial charge in [-0.3, -0.25) is 0 Å². The van der Waals surface area contributed by atoms with Crippen LogP contribution in [0.4, 0.5) is 11.8 Å². The van der Waals surface area contributed by atoms with Gasteiger partial charge in [0.25, 0.3) is 0 Å². The van der Waals surface area contributed by atoms with Gasteiger partial charge in [0, 0.05) is 44.1 Å². The van der Waals surface area contributed by atoms with Gasteiger partial charge in [-0.2, -0.15) is 15.5 Å². The van der Waals surface area contributed by atoms with Crippen molar-refractivity contribution in [3.63, 3.8) is 0 Å². The molecular formula is C29H43N5OS. The van der Waals surface area contributed by atoms with E-state index in [1.165, 1.54) is 27.4 Å². The number of allylic oxidation sites excluding steroid dienone is 5. The second kappa shape index (κ2) is 11.5. The van der Waals surface area contributed by atoms with Gasteiger partial charge >= 0.3 is 0 Å². The van der Waals surface area contributed by atoms with E-state index in [0.29, 0.717) is 18.0 Å². The third-order valence-corrected chi connectivity index (χ3v) is 9.80. The Labute approximate surface area is 219 Å². The largest absolute Gasteiger partial charge is 0.382 e. The maximum atomic E-state index is 5.57. The number of nitrogens with one attached hydrogen (secondary N) is 2. The van der Waals surface area contributed by atoms with E-state index in [0.717, 1.165) is 88.8 Å². The lowest BCUT2D eigenvalue weighted by Crippen LogP contribution is -2.42. The van der Waals surface area contributed by atoms with E-state index in [2.05, 4.69) is 60.4 Å². The SMILES string of the molecule is C=S1CCc2nc(N3CCC([C@@H](C)NC(C4=CC=CCC4)=C(C)C)CC3)nc(NC3CCOCC3)c21. The molecule has 1 aromatic heterocycles. The molecule has 0 bridgehead atoms. The third kappa shape index (κ3) is 5.72. The van der Waals surface area contributed by atoms with Crippen molar-refractivity contribution >= 4 is 28.1 Å². The number of aromatic nitrogens is 2. The first-order valence-corrected chi connectivity index (χ1v) is 15.4. The zero-order valence-electron chi connectivity index (χ0n) is 22.3. The predicted octanol–water partition coefficient (Wildman–Crippen LogP) is 5.45. The van der Waals surface area contributed by atoms with E-state index in [4.69, 9.17) is 14.7 Å². The summed E-state index contributed by atoms with van der Waals surface area (Å²) in [5.74, 6) is 8.12. The van der Waals surface area contributed by atoms with Crippen molar-refractivity contribution in [3.05, 3.63) is 40.8 Å². The topological polar surface area (TPSA) is 62.3 Å². The Morgan fingerprint density at radius 1 is 1.14 bits per heavy atom. The molecule has 1 aromatic rings. The number of aryl methyl sites for hydroxylation is 1.